The number of carbonyl (C=O) groups excluding carboxylic acids is 2. The van der Waals surface area contributed by atoms with E-state index in [9.17, 15) is 9.59 Å². The first-order valence-electron chi connectivity index (χ1n) is 22.7. The van der Waals surface area contributed by atoms with Crippen molar-refractivity contribution in [3.8, 4) is 23.0 Å². The monoisotopic (exact) mass is 910 g/mol. The fraction of sp³-hybridized carbons (Fsp3) is 0.481. The normalized spacial score (nSPS) is 19.9. The molecule has 64 heavy (non-hydrogen) atoms. The van der Waals surface area contributed by atoms with Crippen LogP contribution < -0.4 is 18.9 Å². The van der Waals surface area contributed by atoms with Crippen LogP contribution in [0.5, 0.6) is 23.0 Å². The molecule has 2 heterocycles. The maximum Gasteiger partial charge on any atom is 0.330 e. The standard InChI is InChI=1S/C27H36O4S.C27H34O4S/c2*1-27(20-12-14-21(29-2)15-13-20)19-32-25-18-22(30-3)16-17-23(25)24(27)10-8-6-5-7-9-11-26(28)31-4/h12-18,24H,5-11,19H2,1-4H3;9,11-18,24H,5-8,10,19H2,1-4H3/b;11-9+. The second kappa shape index (κ2) is 25.2. The summed E-state index contributed by atoms with van der Waals surface area (Å²) < 4.78 is 31.1. The third kappa shape index (κ3) is 13.3. The summed E-state index contributed by atoms with van der Waals surface area (Å²) in [6.07, 6.45) is 16.0. The lowest BCUT2D eigenvalue weighted by molar-refractivity contribution is -0.140. The van der Waals surface area contributed by atoms with Gasteiger partial charge in [0.2, 0.25) is 0 Å². The van der Waals surface area contributed by atoms with Crippen molar-refractivity contribution < 1.29 is 38.0 Å². The number of carbonyl (C=O) groups is 2. The number of ether oxygens (including phenoxy) is 6. The second-order valence-electron chi connectivity index (χ2n) is 17.2. The summed E-state index contributed by atoms with van der Waals surface area (Å²) in [5.74, 6) is 6.21. The number of thioether (sulfide) groups is 2. The van der Waals surface area contributed by atoms with Gasteiger partial charge in [-0.05, 0) is 115 Å². The molecule has 0 radical (unpaired) electrons. The molecule has 2 aliphatic rings. The lowest BCUT2D eigenvalue weighted by atomic mass is 9.68. The van der Waals surface area contributed by atoms with Gasteiger partial charge in [-0.3, -0.25) is 4.79 Å². The highest BCUT2D eigenvalue weighted by Crippen LogP contribution is 2.54. The van der Waals surface area contributed by atoms with Gasteiger partial charge in [0, 0.05) is 44.6 Å². The number of allylic oxidation sites excluding steroid dienone is 1. The SMILES string of the molecule is COC(=O)/C=C/CCCCCC1c2ccc(OC)cc2SCC1(C)c1ccc(OC)cc1.COC(=O)CCCCCCCC1c2ccc(OC)cc2SCC1(C)c1ccc(OC)cc1. The zero-order valence-corrected chi connectivity index (χ0v) is 41.0. The summed E-state index contributed by atoms with van der Waals surface area (Å²) in [6.45, 7) is 4.81. The lowest BCUT2D eigenvalue weighted by Gasteiger charge is -2.43. The molecule has 4 aromatic carbocycles. The predicted octanol–water partition coefficient (Wildman–Crippen LogP) is 13.3. The van der Waals surface area contributed by atoms with Gasteiger partial charge in [-0.25, -0.2) is 4.79 Å². The molecule has 8 nitrogen and oxygen atoms in total. The molecule has 4 atom stereocenters. The Hall–Kier alpha value is -4.54. The molecule has 0 saturated carbocycles. The Bertz CT molecular complexity index is 2100. The van der Waals surface area contributed by atoms with E-state index in [0.29, 0.717) is 18.3 Å². The number of rotatable bonds is 21. The zero-order valence-electron chi connectivity index (χ0n) is 39.4. The topological polar surface area (TPSA) is 89.5 Å². The first-order valence-corrected chi connectivity index (χ1v) is 24.7. The van der Waals surface area contributed by atoms with E-state index in [1.54, 1.807) is 28.4 Å². The molecule has 6 rings (SSSR count). The summed E-state index contributed by atoms with van der Waals surface area (Å²) >= 11 is 3.86. The van der Waals surface area contributed by atoms with Crippen LogP contribution in [0.3, 0.4) is 0 Å². The van der Waals surface area contributed by atoms with Crippen LogP contribution in [0.2, 0.25) is 0 Å². The number of hydrogen-bond acceptors (Lipinski definition) is 10. The van der Waals surface area contributed by atoms with Crippen molar-refractivity contribution in [2.24, 2.45) is 0 Å². The molecule has 0 N–H and O–H groups in total. The highest BCUT2D eigenvalue weighted by molar-refractivity contribution is 7.99. The van der Waals surface area contributed by atoms with Crippen LogP contribution in [0.4, 0.5) is 0 Å². The van der Waals surface area contributed by atoms with Crippen molar-refractivity contribution in [3.63, 3.8) is 0 Å². The molecule has 0 aliphatic carbocycles. The third-order valence-electron chi connectivity index (χ3n) is 13.2. The average molecular weight is 911 g/mol. The molecular weight excluding hydrogens is 841 g/mol. The van der Waals surface area contributed by atoms with E-state index in [1.165, 1.54) is 65.2 Å². The van der Waals surface area contributed by atoms with E-state index >= 15 is 0 Å². The van der Waals surface area contributed by atoms with E-state index in [1.807, 2.05) is 29.6 Å². The molecule has 2 aliphatic heterocycles. The van der Waals surface area contributed by atoms with Gasteiger partial charge in [0.15, 0.2) is 0 Å². The minimum atomic E-state index is -0.285. The molecule has 4 unspecified atom stereocenters. The smallest absolute Gasteiger partial charge is 0.330 e. The van der Waals surface area contributed by atoms with Crippen LogP contribution in [0.15, 0.2) is 107 Å². The van der Waals surface area contributed by atoms with Gasteiger partial charge in [0.25, 0.3) is 0 Å². The molecule has 0 amide bonds. The highest BCUT2D eigenvalue weighted by Gasteiger charge is 2.42. The quantitative estimate of drug-likeness (QED) is 0.0457. The molecule has 4 aromatic rings. The highest BCUT2D eigenvalue weighted by atomic mass is 32.2. The van der Waals surface area contributed by atoms with Gasteiger partial charge < -0.3 is 28.4 Å². The van der Waals surface area contributed by atoms with E-state index in [-0.39, 0.29) is 22.8 Å². The van der Waals surface area contributed by atoms with Gasteiger partial charge >= 0.3 is 11.9 Å². The Balaban J connectivity index is 0.000000241. The molecule has 0 spiro atoms. The van der Waals surface area contributed by atoms with E-state index in [4.69, 9.17) is 23.7 Å². The molecule has 346 valence electrons. The first-order chi connectivity index (χ1) is 31.0. The van der Waals surface area contributed by atoms with Gasteiger partial charge in [-0.1, -0.05) is 94.8 Å². The van der Waals surface area contributed by atoms with Crippen molar-refractivity contribution in [2.45, 2.75) is 123 Å². The minimum Gasteiger partial charge on any atom is -0.497 e. The van der Waals surface area contributed by atoms with Crippen molar-refractivity contribution in [1.29, 1.82) is 0 Å². The molecule has 0 saturated heterocycles. The number of hydrogen-bond donors (Lipinski definition) is 0. The molecule has 0 fully saturated rings. The Labute approximate surface area is 391 Å². The van der Waals surface area contributed by atoms with E-state index < -0.39 is 0 Å². The first kappa shape index (κ1) is 50.5. The van der Waals surface area contributed by atoms with Crippen molar-refractivity contribution in [3.05, 3.63) is 119 Å². The fourth-order valence-corrected chi connectivity index (χ4v) is 12.0. The Morgan fingerprint density at radius 2 is 0.969 bits per heavy atom. The molecule has 10 heteroatoms. The molecule has 0 aromatic heterocycles. The number of esters is 2. The number of benzene rings is 4. The van der Waals surface area contributed by atoms with Crippen LogP contribution in [0.25, 0.3) is 0 Å². The zero-order chi connectivity index (χ0) is 46.0. The molecular formula is C54H70O8S2. The number of methoxy groups -OCH3 is 6. The Morgan fingerprint density at radius 3 is 1.41 bits per heavy atom. The van der Waals surface area contributed by atoms with Gasteiger partial charge in [0.05, 0.1) is 42.7 Å². The maximum atomic E-state index is 11.3. The number of fused-ring (bicyclic) bond motifs is 2. The van der Waals surface area contributed by atoms with Crippen LogP contribution in [-0.2, 0) is 29.9 Å². The van der Waals surface area contributed by atoms with Crippen LogP contribution in [0, 0.1) is 0 Å². The van der Waals surface area contributed by atoms with Crippen LogP contribution >= 0.6 is 23.5 Å². The van der Waals surface area contributed by atoms with Crippen molar-refractivity contribution >= 4 is 35.5 Å². The average Bonchev–Trinajstić information content (AvgIpc) is 3.34. The summed E-state index contributed by atoms with van der Waals surface area (Å²) in [5.41, 5.74) is 5.69. The summed E-state index contributed by atoms with van der Waals surface area (Å²) in [4.78, 5) is 25.1. The van der Waals surface area contributed by atoms with E-state index in [2.05, 4.69) is 104 Å². The lowest BCUT2D eigenvalue weighted by Crippen LogP contribution is -2.36. The van der Waals surface area contributed by atoms with Gasteiger partial charge in [-0.15, -0.1) is 23.5 Å². The largest absolute Gasteiger partial charge is 0.497 e. The minimum absolute atomic E-state index is 0.0450. The fourth-order valence-electron chi connectivity index (χ4n) is 9.20. The second-order valence-corrected chi connectivity index (χ2v) is 19.3. The van der Waals surface area contributed by atoms with Crippen LogP contribution in [-0.4, -0.2) is 66.1 Å². The molecule has 0 bridgehead atoms. The van der Waals surface area contributed by atoms with Crippen LogP contribution in [0.1, 0.15) is 125 Å². The predicted molar refractivity (Wildman–Crippen MR) is 262 cm³/mol. The maximum absolute atomic E-state index is 11.3. The summed E-state index contributed by atoms with van der Waals surface area (Å²) in [7, 11) is 9.74. The van der Waals surface area contributed by atoms with Gasteiger partial charge in [0.1, 0.15) is 23.0 Å². The Morgan fingerprint density at radius 1 is 0.547 bits per heavy atom. The summed E-state index contributed by atoms with van der Waals surface area (Å²) in [6, 6.07) is 30.3. The van der Waals surface area contributed by atoms with E-state index in [0.717, 1.165) is 92.3 Å². The third-order valence-corrected chi connectivity index (χ3v) is 16.0. The Kier molecular flexibility index (Phi) is 19.9. The van der Waals surface area contributed by atoms with Gasteiger partial charge in [-0.2, -0.15) is 0 Å². The summed E-state index contributed by atoms with van der Waals surface area (Å²) in [5, 5.41) is 0. The number of unbranched alkanes of at least 4 members (excludes halogenated alkanes) is 7. The van der Waals surface area contributed by atoms with Crippen molar-refractivity contribution in [2.75, 3.05) is 54.2 Å². The van der Waals surface area contributed by atoms with Crippen molar-refractivity contribution in [1.82, 2.24) is 0 Å².